The molecular formula is C14H16ClNO4. The Morgan fingerprint density at radius 2 is 2.25 bits per heavy atom. The van der Waals surface area contributed by atoms with E-state index in [0.29, 0.717) is 10.6 Å². The van der Waals surface area contributed by atoms with E-state index in [4.69, 9.17) is 21.4 Å². The van der Waals surface area contributed by atoms with Gasteiger partial charge in [0.15, 0.2) is 6.04 Å². The highest BCUT2D eigenvalue weighted by molar-refractivity contribution is 6.31. The van der Waals surface area contributed by atoms with Crippen LogP contribution in [0.2, 0.25) is 5.02 Å². The van der Waals surface area contributed by atoms with E-state index in [2.05, 4.69) is 11.9 Å². The minimum absolute atomic E-state index is 0.125. The maximum atomic E-state index is 12.0. The third-order valence-electron chi connectivity index (χ3n) is 2.54. The molecule has 1 aromatic rings. The summed E-state index contributed by atoms with van der Waals surface area (Å²) in [6.45, 7) is 5.32. The molecule has 0 bridgehead atoms. The molecule has 0 heterocycles. The van der Waals surface area contributed by atoms with Gasteiger partial charge in [0.2, 0.25) is 0 Å². The van der Waals surface area contributed by atoms with E-state index in [0.717, 1.165) is 5.56 Å². The number of hydrogen-bond acceptors (Lipinski definition) is 3. The van der Waals surface area contributed by atoms with Crippen LogP contribution < -0.4 is 5.32 Å². The van der Waals surface area contributed by atoms with Gasteiger partial charge in [-0.15, -0.1) is 6.58 Å². The van der Waals surface area contributed by atoms with Gasteiger partial charge in [0.05, 0.1) is 13.2 Å². The fourth-order valence-corrected chi connectivity index (χ4v) is 1.59. The second-order valence-corrected chi connectivity index (χ2v) is 4.56. The van der Waals surface area contributed by atoms with Crippen molar-refractivity contribution < 1.29 is 19.4 Å². The summed E-state index contributed by atoms with van der Waals surface area (Å²) in [5.74, 6) is -1.65. The summed E-state index contributed by atoms with van der Waals surface area (Å²) >= 11 is 5.87. The summed E-state index contributed by atoms with van der Waals surface area (Å²) in [6, 6.07) is 3.61. The largest absolute Gasteiger partial charge is 0.480 e. The maximum absolute atomic E-state index is 12.0. The summed E-state index contributed by atoms with van der Waals surface area (Å²) in [5.41, 5.74) is 1.09. The standard InChI is InChI=1S/C14H16ClNO4/c1-3-6-20-8-12(14(18)19)16-13(17)10-4-5-11(15)9(2)7-10/h3-5,7,12H,1,6,8H2,2H3,(H,16,17)(H,18,19). The summed E-state index contributed by atoms with van der Waals surface area (Å²) in [5, 5.41) is 12.0. The Balaban J connectivity index is 2.72. The van der Waals surface area contributed by atoms with Crippen molar-refractivity contribution in [1.82, 2.24) is 5.32 Å². The Bertz CT molecular complexity index is 516. The smallest absolute Gasteiger partial charge is 0.328 e. The van der Waals surface area contributed by atoms with Crippen molar-refractivity contribution in [1.29, 1.82) is 0 Å². The molecule has 1 atom stereocenters. The second-order valence-electron chi connectivity index (χ2n) is 4.15. The minimum atomic E-state index is -1.16. The van der Waals surface area contributed by atoms with Gasteiger partial charge in [-0.25, -0.2) is 4.79 Å². The summed E-state index contributed by atoms with van der Waals surface area (Å²) < 4.78 is 5.05. The number of nitrogens with one attached hydrogen (secondary N) is 1. The molecular weight excluding hydrogens is 282 g/mol. The van der Waals surface area contributed by atoms with Crippen LogP contribution in [-0.2, 0) is 9.53 Å². The van der Waals surface area contributed by atoms with Gasteiger partial charge in [0.1, 0.15) is 0 Å². The first-order chi connectivity index (χ1) is 9.45. The number of carboxylic acid groups (broad SMARTS) is 1. The number of rotatable bonds is 7. The van der Waals surface area contributed by atoms with Gasteiger partial charge in [0, 0.05) is 10.6 Å². The second kappa shape index (κ2) is 7.67. The Hall–Kier alpha value is -1.85. The topological polar surface area (TPSA) is 75.6 Å². The zero-order chi connectivity index (χ0) is 15.1. The first-order valence-corrected chi connectivity index (χ1v) is 6.32. The molecule has 20 heavy (non-hydrogen) atoms. The van der Waals surface area contributed by atoms with Gasteiger partial charge in [-0.3, -0.25) is 4.79 Å². The molecule has 0 aromatic heterocycles. The van der Waals surface area contributed by atoms with Gasteiger partial charge < -0.3 is 15.2 Å². The molecule has 0 aliphatic carbocycles. The maximum Gasteiger partial charge on any atom is 0.328 e. The zero-order valence-electron chi connectivity index (χ0n) is 11.1. The van der Waals surface area contributed by atoms with Crippen LogP contribution >= 0.6 is 11.6 Å². The predicted octanol–water partition coefficient (Wildman–Crippen LogP) is 2.03. The van der Waals surface area contributed by atoms with Crippen LogP contribution in [-0.4, -0.2) is 36.2 Å². The molecule has 1 rings (SSSR count). The molecule has 6 heteroatoms. The third-order valence-corrected chi connectivity index (χ3v) is 2.97. The van der Waals surface area contributed by atoms with E-state index in [9.17, 15) is 9.59 Å². The average Bonchev–Trinajstić information content (AvgIpc) is 2.40. The number of benzene rings is 1. The van der Waals surface area contributed by atoms with Crippen molar-refractivity contribution in [3.63, 3.8) is 0 Å². The Kier molecular flexibility index (Phi) is 6.21. The van der Waals surface area contributed by atoms with Gasteiger partial charge in [-0.05, 0) is 30.7 Å². The van der Waals surface area contributed by atoms with Gasteiger partial charge in [-0.1, -0.05) is 17.7 Å². The molecule has 5 nitrogen and oxygen atoms in total. The molecule has 108 valence electrons. The molecule has 0 fully saturated rings. The first-order valence-electron chi connectivity index (χ1n) is 5.94. The molecule has 0 spiro atoms. The van der Waals surface area contributed by atoms with Crippen LogP contribution in [0.15, 0.2) is 30.9 Å². The highest BCUT2D eigenvalue weighted by Crippen LogP contribution is 2.16. The molecule has 0 aliphatic heterocycles. The monoisotopic (exact) mass is 297 g/mol. The normalized spacial score (nSPS) is 11.7. The lowest BCUT2D eigenvalue weighted by Gasteiger charge is -2.14. The molecule has 2 N–H and O–H groups in total. The molecule has 0 radical (unpaired) electrons. The number of carbonyl (C=O) groups excluding carboxylic acids is 1. The number of carboxylic acids is 1. The summed E-state index contributed by atoms with van der Waals surface area (Å²) in [7, 11) is 0. The lowest BCUT2D eigenvalue weighted by atomic mass is 10.1. The predicted molar refractivity (Wildman–Crippen MR) is 76.1 cm³/mol. The fourth-order valence-electron chi connectivity index (χ4n) is 1.47. The number of ether oxygens (including phenoxy) is 1. The van der Waals surface area contributed by atoms with E-state index >= 15 is 0 Å². The summed E-state index contributed by atoms with van der Waals surface area (Å²) in [4.78, 5) is 23.0. The highest BCUT2D eigenvalue weighted by atomic mass is 35.5. The van der Waals surface area contributed by atoms with Crippen molar-refractivity contribution in [2.75, 3.05) is 13.2 Å². The van der Waals surface area contributed by atoms with Crippen LogP contribution in [0.3, 0.4) is 0 Å². The van der Waals surface area contributed by atoms with E-state index in [1.165, 1.54) is 12.1 Å². The first kappa shape index (κ1) is 16.2. The minimum Gasteiger partial charge on any atom is -0.480 e. The molecule has 0 saturated heterocycles. The Morgan fingerprint density at radius 3 is 2.80 bits per heavy atom. The van der Waals surface area contributed by atoms with E-state index in [-0.39, 0.29) is 13.2 Å². The van der Waals surface area contributed by atoms with Gasteiger partial charge in [0.25, 0.3) is 5.91 Å². The lowest BCUT2D eigenvalue weighted by Crippen LogP contribution is -2.44. The van der Waals surface area contributed by atoms with Crippen LogP contribution in [0.4, 0.5) is 0 Å². The van der Waals surface area contributed by atoms with Crippen molar-refractivity contribution >= 4 is 23.5 Å². The van der Waals surface area contributed by atoms with E-state index in [1.807, 2.05) is 0 Å². The number of aryl methyl sites for hydroxylation is 1. The van der Waals surface area contributed by atoms with Gasteiger partial charge >= 0.3 is 5.97 Å². The van der Waals surface area contributed by atoms with Crippen LogP contribution in [0.5, 0.6) is 0 Å². The van der Waals surface area contributed by atoms with Crippen LogP contribution in [0, 0.1) is 6.92 Å². The highest BCUT2D eigenvalue weighted by Gasteiger charge is 2.21. The number of amides is 1. The SMILES string of the molecule is C=CCOCC(NC(=O)c1ccc(Cl)c(C)c1)C(=O)O. The quantitative estimate of drug-likeness (QED) is 0.596. The van der Waals surface area contributed by atoms with Crippen LogP contribution in [0.1, 0.15) is 15.9 Å². The molecule has 0 saturated carbocycles. The zero-order valence-corrected chi connectivity index (χ0v) is 11.8. The fraction of sp³-hybridized carbons (Fsp3) is 0.286. The van der Waals surface area contributed by atoms with E-state index in [1.54, 1.807) is 19.1 Å². The summed E-state index contributed by atoms with van der Waals surface area (Å²) in [6.07, 6.45) is 1.50. The molecule has 1 aromatic carbocycles. The van der Waals surface area contributed by atoms with Crippen molar-refractivity contribution in [2.45, 2.75) is 13.0 Å². The number of carbonyl (C=O) groups is 2. The Labute approximate surface area is 122 Å². The molecule has 0 aliphatic rings. The van der Waals surface area contributed by atoms with Crippen molar-refractivity contribution in [3.8, 4) is 0 Å². The number of halogens is 1. The number of aliphatic carboxylic acids is 1. The van der Waals surface area contributed by atoms with Crippen LogP contribution in [0.25, 0.3) is 0 Å². The molecule has 1 unspecified atom stereocenters. The Morgan fingerprint density at radius 1 is 1.55 bits per heavy atom. The number of hydrogen-bond donors (Lipinski definition) is 2. The van der Waals surface area contributed by atoms with Gasteiger partial charge in [-0.2, -0.15) is 0 Å². The van der Waals surface area contributed by atoms with Crippen molar-refractivity contribution in [2.24, 2.45) is 0 Å². The van der Waals surface area contributed by atoms with E-state index < -0.39 is 17.9 Å². The van der Waals surface area contributed by atoms with Crippen molar-refractivity contribution in [3.05, 3.63) is 47.0 Å². The third kappa shape index (κ3) is 4.68. The average molecular weight is 298 g/mol. The molecule has 1 amide bonds. The lowest BCUT2D eigenvalue weighted by molar-refractivity contribution is -0.140.